The van der Waals surface area contributed by atoms with Gasteiger partial charge in [0.2, 0.25) is 11.8 Å². The lowest BCUT2D eigenvalue weighted by Crippen LogP contribution is -2.39. The normalized spacial score (nSPS) is 13.8. The van der Waals surface area contributed by atoms with Crippen LogP contribution in [0.15, 0.2) is 10.6 Å². The fourth-order valence-electron chi connectivity index (χ4n) is 2.51. The highest BCUT2D eigenvalue weighted by atomic mass is 16.5. The molecular formula is C17H27N3O3. The van der Waals surface area contributed by atoms with Gasteiger partial charge < -0.3 is 14.7 Å². The molecule has 0 unspecified atom stereocenters. The van der Waals surface area contributed by atoms with Crippen LogP contribution in [0.5, 0.6) is 0 Å². The van der Waals surface area contributed by atoms with Gasteiger partial charge in [0, 0.05) is 19.0 Å². The summed E-state index contributed by atoms with van der Waals surface area (Å²) < 4.78 is 4.92. The van der Waals surface area contributed by atoms with E-state index in [2.05, 4.69) is 17.4 Å². The highest BCUT2D eigenvalue weighted by Crippen LogP contribution is 2.30. The molecule has 0 radical (unpaired) electrons. The smallest absolute Gasteiger partial charge is 0.245 e. The van der Waals surface area contributed by atoms with Crippen LogP contribution in [0.3, 0.4) is 0 Å². The predicted octanol–water partition coefficient (Wildman–Crippen LogP) is 3.13. The summed E-state index contributed by atoms with van der Waals surface area (Å²) in [6, 6.07) is 1.66. The van der Waals surface area contributed by atoms with E-state index in [1.807, 2.05) is 0 Å². The molecule has 0 atom stereocenters. The van der Waals surface area contributed by atoms with Crippen LogP contribution in [0.4, 0.5) is 5.82 Å². The molecule has 1 aliphatic carbocycles. The van der Waals surface area contributed by atoms with Crippen molar-refractivity contribution in [3.05, 3.63) is 11.8 Å². The van der Waals surface area contributed by atoms with Gasteiger partial charge in [-0.3, -0.25) is 9.59 Å². The molecule has 1 aromatic rings. The van der Waals surface area contributed by atoms with E-state index in [1.54, 1.807) is 17.9 Å². The number of nitrogens with zero attached hydrogens (tertiary/aromatic N) is 2. The van der Waals surface area contributed by atoms with Gasteiger partial charge in [-0.15, -0.1) is 0 Å². The minimum atomic E-state index is -0.221. The molecule has 1 aliphatic rings. The fourth-order valence-corrected chi connectivity index (χ4v) is 2.51. The Bertz CT molecular complexity index is 523. The Kier molecular flexibility index (Phi) is 6.62. The van der Waals surface area contributed by atoms with Crippen LogP contribution in [0.25, 0.3) is 0 Å². The number of amides is 2. The summed E-state index contributed by atoms with van der Waals surface area (Å²) in [5, 5.41) is 6.42. The molecule has 2 rings (SSSR count). The van der Waals surface area contributed by atoms with E-state index < -0.39 is 0 Å². The first-order chi connectivity index (χ1) is 11.1. The molecule has 0 aliphatic heterocycles. The average Bonchev–Trinajstić information content (AvgIpc) is 3.24. The van der Waals surface area contributed by atoms with Crippen molar-refractivity contribution in [2.24, 2.45) is 5.92 Å². The maximum absolute atomic E-state index is 12.4. The zero-order valence-electron chi connectivity index (χ0n) is 14.1. The number of hydrogen-bond donors (Lipinski definition) is 1. The second kappa shape index (κ2) is 8.70. The van der Waals surface area contributed by atoms with Gasteiger partial charge in [-0.05, 0) is 32.1 Å². The standard InChI is InChI=1S/C17H27N3O3/c1-3-4-5-6-7-17(22)20(11-14-8-9-14)12-16(21)18-15-10-13(2)23-19-15/h10,14H,3-9,11-12H2,1-2H3,(H,18,19,21). The van der Waals surface area contributed by atoms with Crippen LogP contribution in [-0.2, 0) is 9.59 Å². The van der Waals surface area contributed by atoms with Crippen LogP contribution < -0.4 is 5.32 Å². The molecule has 1 fully saturated rings. The number of hydrogen-bond acceptors (Lipinski definition) is 4. The van der Waals surface area contributed by atoms with Gasteiger partial charge in [0.15, 0.2) is 5.82 Å². The van der Waals surface area contributed by atoms with Crippen molar-refractivity contribution >= 4 is 17.6 Å². The number of nitrogens with one attached hydrogen (secondary N) is 1. The zero-order chi connectivity index (χ0) is 16.7. The van der Waals surface area contributed by atoms with E-state index >= 15 is 0 Å². The van der Waals surface area contributed by atoms with Crippen molar-refractivity contribution in [3.63, 3.8) is 0 Å². The molecule has 23 heavy (non-hydrogen) atoms. The predicted molar refractivity (Wildman–Crippen MR) is 87.9 cm³/mol. The van der Waals surface area contributed by atoms with Crippen LogP contribution in [0.1, 0.15) is 57.6 Å². The SMILES string of the molecule is CCCCCCC(=O)N(CC(=O)Nc1cc(C)on1)CC1CC1. The lowest BCUT2D eigenvalue weighted by atomic mass is 10.1. The molecule has 0 spiro atoms. The van der Waals surface area contributed by atoms with Crippen LogP contribution in [0, 0.1) is 12.8 Å². The molecule has 6 nitrogen and oxygen atoms in total. The number of unbranched alkanes of at least 4 members (excludes halogenated alkanes) is 3. The maximum atomic E-state index is 12.4. The third-order valence-corrected chi connectivity index (χ3v) is 4.00. The molecule has 1 saturated carbocycles. The largest absolute Gasteiger partial charge is 0.360 e. The molecule has 0 aromatic carbocycles. The van der Waals surface area contributed by atoms with Gasteiger partial charge in [0.1, 0.15) is 5.76 Å². The molecule has 0 bridgehead atoms. The van der Waals surface area contributed by atoms with E-state index in [9.17, 15) is 9.59 Å². The lowest BCUT2D eigenvalue weighted by Gasteiger charge is -2.22. The van der Waals surface area contributed by atoms with Gasteiger partial charge in [0.05, 0.1) is 6.54 Å². The van der Waals surface area contributed by atoms with Crippen molar-refractivity contribution < 1.29 is 14.1 Å². The van der Waals surface area contributed by atoms with Gasteiger partial charge in [-0.1, -0.05) is 31.3 Å². The fraction of sp³-hybridized carbons (Fsp3) is 0.706. The van der Waals surface area contributed by atoms with Gasteiger partial charge in [-0.25, -0.2) is 0 Å². The Labute approximate surface area is 137 Å². The van der Waals surface area contributed by atoms with Gasteiger partial charge in [-0.2, -0.15) is 0 Å². The van der Waals surface area contributed by atoms with Gasteiger partial charge in [0.25, 0.3) is 0 Å². The number of aromatic nitrogens is 1. The van der Waals surface area contributed by atoms with Crippen molar-refractivity contribution in [2.45, 2.75) is 58.8 Å². The Balaban J connectivity index is 1.81. The molecule has 6 heteroatoms. The van der Waals surface area contributed by atoms with Crippen LogP contribution in [-0.4, -0.2) is 35.0 Å². The average molecular weight is 321 g/mol. The first-order valence-electron chi connectivity index (χ1n) is 8.59. The number of rotatable bonds is 10. The summed E-state index contributed by atoms with van der Waals surface area (Å²) in [7, 11) is 0. The Morgan fingerprint density at radius 2 is 2.13 bits per heavy atom. The van der Waals surface area contributed by atoms with Crippen LogP contribution >= 0.6 is 0 Å². The van der Waals surface area contributed by atoms with E-state index in [1.165, 1.54) is 0 Å². The Morgan fingerprint density at radius 1 is 1.35 bits per heavy atom. The lowest BCUT2D eigenvalue weighted by molar-refractivity contribution is -0.135. The van der Waals surface area contributed by atoms with E-state index in [0.29, 0.717) is 30.5 Å². The summed E-state index contributed by atoms with van der Waals surface area (Å²) in [4.78, 5) is 26.2. The summed E-state index contributed by atoms with van der Waals surface area (Å²) >= 11 is 0. The highest BCUT2D eigenvalue weighted by molar-refractivity contribution is 5.93. The molecule has 128 valence electrons. The second-order valence-electron chi connectivity index (χ2n) is 6.40. The number of carbonyl (C=O) groups excluding carboxylic acids is 2. The molecule has 0 saturated heterocycles. The molecule has 2 amide bonds. The maximum Gasteiger partial charge on any atom is 0.245 e. The number of carbonyl (C=O) groups is 2. The Hall–Kier alpha value is -1.85. The zero-order valence-corrected chi connectivity index (χ0v) is 14.1. The number of anilines is 1. The number of aryl methyl sites for hydroxylation is 1. The first-order valence-corrected chi connectivity index (χ1v) is 8.59. The Morgan fingerprint density at radius 3 is 2.74 bits per heavy atom. The second-order valence-corrected chi connectivity index (χ2v) is 6.40. The van der Waals surface area contributed by atoms with E-state index in [4.69, 9.17) is 4.52 Å². The molecule has 1 heterocycles. The van der Waals surface area contributed by atoms with Crippen molar-refractivity contribution in [1.82, 2.24) is 10.1 Å². The summed E-state index contributed by atoms with van der Waals surface area (Å²) in [6.45, 7) is 4.70. The third-order valence-electron chi connectivity index (χ3n) is 4.00. The summed E-state index contributed by atoms with van der Waals surface area (Å²) in [5.41, 5.74) is 0. The van der Waals surface area contributed by atoms with E-state index in [0.717, 1.165) is 38.5 Å². The van der Waals surface area contributed by atoms with Crippen molar-refractivity contribution in [2.75, 3.05) is 18.4 Å². The van der Waals surface area contributed by atoms with E-state index in [-0.39, 0.29) is 18.4 Å². The summed E-state index contributed by atoms with van der Waals surface area (Å²) in [6.07, 6.45) is 7.12. The quantitative estimate of drug-likeness (QED) is 0.672. The summed E-state index contributed by atoms with van der Waals surface area (Å²) in [5.74, 6) is 1.47. The first kappa shape index (κ1) is 17.5. The minimum Gasteiger partial charge on any atom is -0.360 e. The molecule has 1 N–H and O–H groups in total. The molecular weight excluding hydrogens is 294 g/mol. The third kappa shape index (κ3) is 6.42. The topological polar surface area (TPSA) is 75.4 Å². The van der Waals surface area contributed by atoms with Crippen molar-refractivity contribution in [1.29, 1.82) is 0 Å². The molecule has 1 aromatic heterocycles. The van der Waals surface area contributed by atoms with Crippen LogP contribution in [0.2, 0.25) is 0 Å². The highest BCUT2D eigenvalue weighted by Gasteiger charge is 2.27. The van der Waals surface area contributed by atoms with Crippen molar-refractivity contribution in [3.8, 4) is 0 Å². The monoisotopic (exact) mass is 321 g/mol. The van der Waals surface area contributed by atoms with Gasteiger partial charge >= 0.3 is 0 Å². The minimum absolute atomic E-state index is 0.0829.